The van der Waals surface area contributed by atoms with E-state index in [9.17, 15) is 4.39 Å². The van der Waals surface area contributed by atoms with Crippen LogP contribution in [0.4, 0.5) is 4.39 Å². The molecule has 3 nitrogen and oxygen atoms in total. The highest BCUT2D eigenvalue weighted by Crippen LogP contribution is 2.34. The molecule has 1 atom stereocenters. The summed E-state index contributed by atoms with van der Waals surface area (Å²) in [6, 6.07) is 6.92. The zero-order valence-corrected chi connectivity index (χ0v) is 11.5. The molecule has 0 fully saturated rings. The first-order valence-electron chi connectivity index (χ1n) is 5.89. The minimum Gasteiger partial charge on any atom is -0.306 e. The minimum absolute atomic E-state index is 0.207. The summed E-state index contributed by atoms with van der Waals surface area (Å²) >= 11 is 1.63. The summed E-state index contributed by atoms with van der Waals surface area (Å²) in [5, 5.41) is 9.16. The molecule has 5 heteroatoms. The van der Waals surface area contributed by atoms with E-state index in [1.807, 2.05) is 16.7 Å². The first-order valence-corrected chi connectivity index (χ1v) is 6.77. The number of benzene rings is 1. The molecule has 2 aromatic rings. The molecule has 0 radical (unpaired) electrons. The lowest BCUT2D eigenvalue weighted by Crippen LogP contribution is -2.02. The van der Waals surface area contributed by atoms with Crippen molar-refractivity contribution < 1.29 is 4.39 Å². The van der Waals surface area contributed by atoms with Crippen molar-refractivity contribution in [2.75, 3.05) is 0 Å². The fraction of sp³-hybridized carbons (Fsp3) is 0.385. The normalized spacial score (nSPS) is 12.9. The van der Waals surface area contributed by atoms with Crippen LogP contribution in [0.15, 0.2) is 35.7 Å². The number of thioether (sulfide) groups is 1. The molecule has 0 aliphatic rings. The van der Waals surface area contributed by atoms with E-state index in [4.69, 9.17) is 0 Å². The Bertz CT molecular complexity index is 507. The summed E-state index contributed by atoms with van der Waals surface area (Å²) < 4.78 is 14.9. The molecule has 1 aromatic heterocycles. The molecule has 18 heavy (non-hydrogen) atoms. The zero-order valence-electron chi connectivity index (χ0n) is 10.7. The van der Waals surface area contributed by atoms with E-state index in [1.54, 1.807) is 18.1 Å². The van der Waals surface area contributed by atoms with Crippen LogP contribution in [0.1, 0.15) is 37.6 Å². The molecule has 0 aliphatic heterocycles. The van der Waals surface area contributed by atoms with Crippen molar-refractivity contribution in [3.05, 3.63) is 42.0 Å². The second-order valence-electron chi connectivity index (χ2n) is 4.43. The van der Waals surface area contributed by atoms with E-state index in [0.29, 0.717) is 6.04 Å². The third kappa shape index (κ3) is 2.90. The van der Waals surface area contributed by atoms with Crippen molar-refractivity contribution in [1.82, 2.24) is 14.8 Å². The molecule has 0 N–H and O–H groups in total. The number of aromatic nitrogens is 3. The highest BCUT2D eigenvalue weighted by Gasteiger charge is 2.13. The van der Waals surface area contributed by atoms with E-state index in [1.165, 1.54) is 12.1 Å². The van der Waals surface area contributed by atoms with Gasteiger partial charge in [0, 0.05) is 11.3 Å². The Labute approximate surface area is 110 Å². The van der Waals surface area contributed by atoms with Crippen LogP contribution in [0, 0.1) is 5.82 Å². The van der Waals surface area contributed by atoms with Gasteiger partial charge in [-0.1, -0.05) is 23.9 Å². The number of rotatable bonds is 4. The Morgan fingerprint density at radius 2 is 1.83 bits per heavy atom. The van der Waals surface area contributed by atoms with Crippen molar-refractivity contribution >= 4 is 11.8 Å². The van der Waals surface area contributed by atoms with Gasteiger partial charge in [0.05, 0.1) is 0 Å². The van der Waals surface area contributed by atoms with Crippen LogP contribution in [-0.2, 0) is 0 Å². The monoisotopic (exact) mass is 265 g/mol. The molecule has 0 amide bonds. The van der Waals surface area contributed by atoms with E-state index >= 15 is 0 Å². The van der Waals surface area contributed by atoms with Gasteiger partial charge in [0.15, 0.2) is 5.16 Å². The van der Waals surface area contributed by atoms with E-state index < -0.39 is 0 Å². The average molecular weight is 265 g/mol. The van der Waals surface area contributed by atoms with Crippen molar-refractivity contribution in [1.29, 1.82) is 0 Å². The van der Waals surface area contributed by atoms with Gasteiger partial charge in [-0.2, -0.15) is 0 Å². The van der Waals surface area contributed by atoms with Gasteiger partial charge < -0.3 is 4.57 Å². The summed E-state index contributed by atoms with van der Waals surface area (Å²) in [6.45, 7) is 6.27. The van der Waals surface area contributed by atoms with Gasteiger partial charge in [0.2, 0.25) is 0 Å². The first kappa shape index (κ1) is 13.1. The predicted octanol–water partition coefficient (Wildman–Crippen LogP) is 3.85. The lowest BCUT2D eigenvalue weighted by atomic mass is 10.2. The Morgan fingerprint density at radius 3 is 2.44 bits per heavy atom. The van der Waals surface area contributed by atoms with Crippen molar-refractivity contribution in [3.8, 4) is 0 Å². The molecule has 0 bridgehead atoms. The zero-order chi connectivity index (χ0) is 13.1. The van der Waals surface area contributed by atoms with Crippen LogP contribution in [0.5, 0.6) is 0 Å². The van der Waals surface area contributed by atoms with Crippen LogP contribution in [0.2, 0.25) is 0 Å². The van der Waals surface area contributed by atoms with Crippen molar-refractivity contribution in [2.45, 2.75) is 37.2 Å². The number of hydrogen-bond acceptors (Lipinski definition) is 3. The summed E-state index contributed by atoms with van der Waals surface area (Å²) in [6.07, 6.45) is 1.74. The standard InChI is InChI=1S/C13H16FN3S/c1-9(2)17-8-15-16-13(17)18-10(3)11-4-6-12(14)7-5-11/h4-10H,1-3H3/t10-/m0/s1. The molecule has 0 unspecified atom stereocenters. The maximum Gasteiger partial charge on any atom is 0.191 e. The van der Waals surface area contributed by atoms with Gasteiger partial charge in [0.25, 0.3) is 0 Å². The minimum atomic E-state index is -0.207. The lowest BCUT2D eigenvalue weighted by molar-refractivity contribution is 0.549. The maximum absolute atomic E-state index is 12.9. The summed E-state index contributed by atoms with van der Waals surface area (Å²) in [4.78, 5) is 0. The topological polar surface area (TPSA) is 30.7 Å². The van der Waals surface area contributed by atoms with Gasteiger partial charge in [-0.05, 0) is 38.5 Å². The largest absolute Gasteiger partial charge is 0.306 e. The highest BCUT2D eigenvalue weighted by molar-refractivity contribution is 7.99. The first-order chi connectivity index (χ1) is 8.58. The second kappa shape index (κ2) is 5.52. The third-order valence-corrected chi connectivity index (χ3v) is 3.85. The quantitative estimate of drug-likeness (QED) is 0.787. The van der Waals surface area contributed by atoms with Crippen molar-refractivity contribution in [2.24, 2.45) is 0 Å². The maximum atomic E-state index is 12.9. The molecule has 96 valence electrons. The molecule has 0 aliphatic carbocycles. The summed E-state index contributed by atoms with van der Waals surface area (Å²) in [7, 11) is 0. The van der Waals surface area contributed by atoms with E-state index in [2.05, 4.69) is 31.0 Å². The van der Waals surface area contributed by atoms with Gasteiger partial charge in [-0.15, -0.1) is 10.2 Å². The summed E-state index contributed by atoms with van der Waals surface area (Å²) in [5.74, 6) is -0.207. The Balaban J connectivity index is 2.13. The Morgan fingerprint density at radius 1 is 1.17 bits per heavy atom. The van der Waals surface area contributed by atoms with Gasteiger partial charge in [-0.3, -0.25) is 0 Å². The number of hydrogen-bond donors (Lipinski definition) is 0. The Hall–Kier alpha value is -1.36. The van der Waals surface area contributed by atoms with Crippen LogP contribution in [-0.4, -0.2) is 14.8 Å². The number of nitrogens with zero attached hydrogens (tertiary/aromatic N) is 3. The average Bonchev–Trinajstić information content (AvgIpc) is 2.78. The van der Waals surface area contributed by atoms with Gasteiger partial charge in [0.1, 0.15) is 12.1 Å². The molecule has 2 rings (SSSR count). The third-order valence-electron chi connectivity index (χ3n) is 2.72. The molecule has 0 saturated heterocycles. The molecular formula is C13H16FN3S. The molecule has 1 heterocycles. The van der Waals surface area contributed by atoms with Crippen LogP contribution in [0.25, 0.3) is 0 Å². The SMILES string of the molecule is CC(C)n1cnnc1S[C@@H](C)c1ccc(F)cc1. The molecule has 0 spiro atoms. The van der Waals surface area contributed by atoms with Crippen LogP contribution in [0.3, 0.4) is 0 Å². The van der Waals surface area contributed by atoms with Gasteiger partial charge in [-0.25, -0.2) is 4.39 Å². The predicted molar refractivity (Wildman–Crippen MR) is 71.1 cm³/mol. The smallest absolute Gasteiger partial charge is 0.191 e. The fourth-order valence-corrected chi connectivity index (χ4v) is 2.71. The fourth-order valence-electron chi connectivity index (χ4n) is 1.63. The van der Waals surface area contributed by atoms with E-state index in [-0.39, 0.29) is 11.1 Å². The van der Waals surface area contributed by atoms with E-state index in [0.717, 1.165) is 10.7 Å². The summed E-state index contributed by atoms with van der Waals surface area (Å²) in [5.41, 5.74) is 1.08. The van der Waals surface area contributed by atoms with Gasteiger partial charge >= 0.3 is 0 Å². The van der Waals surface area contributed by atoms with Crippen molar-refractivity contribution in [3.63, 3.8) is 0 Å². The van der Waals surface area contributed by atoms with Crippen LogP contribution >= 0.6 is 11.8 Å². The lowest BCUT2D eigenvalue weighted by Gasteiger charge is -2.14. The number of halogens is 1. The molecule has 0 saturated carbocycles. The Kier molecular flexibility index (Phi) is 4.01. The highest BCUT2D eigenvalue weighted by atomic mass is 32.2. The second-order valence-corrected chi connectivity index (χ2v) is 5.73. The molecule has 1 aromatic carbocycles. The molecular weight excluding hydrogens is 249 g/mol. The van der Waals surface area contributed by atoms with Crippen LogP contribution < -0.4 is 0 Å².